The van der Waals surface area contributed by atoms with E-state index in [1.807, 2.05) is 0 Å². The second kappa shape index (κ2) is 5.11. The minimum Gasteiger partial charge on any atom is -0.364 e. The van der Waals surface area contributed by atoms with Gasteiger partial charge in [0.25, 0.3) is 0 Å². The van der Waals surface area contributed by atoms with Crippen molar-refractivity contribution in [2.45, 2.75) is 5.38 Å². The van der Waals surface area contributed by atoms with Crippen LogP contribution in [0.15, 0.2) is 0 Å². The molecular weight excluding hydrogens is 154 g/mol. The summed E-state index contributed by atoms with van der Waals surface area (Å²) in [6, 6.07) is 0. The Hall–Kier alpha value is 0.970. The van der Waals surface area contributed by atoms with Crippen LogP contribution in [-0.4, -0.2) is 17.9 Å². The normalized spacial score (nSPS) is 14.1. The van der Waals surface area contributed by atoms with Crippen molar-refractivity contribution in [2.24, 2.45) is 0 Å². The predicted molar refractivity (Wildman–Crippen MR) is 36.0 cm³/mol. The van der Waals surface area contributed by atoms with Crippen LogP contribution in [0.2, 0.25) is 0 Å². The number of hydrogen-bond donors (Lipinski definition) is 0. The lowest BCUT2D eigenvalue weighted by Gasteiger charge is -1.99. The van der Waals surface area contributed by atoms with Gasteiger partial charge in [0.2, 0.25) is 0 Å². The van der Waals surface area contributed by atoms with Crippen LogP contribution in [0.1, 0.15) is 0 Å². The third-order valence-electron chi connectivity index (χ3n) is 0.445. The van der Waals surface area contributed by atoms with Crippen LogP contribution >= 0.6 is 32.7 Å². The van der Waals surface area contributed by atoms with Gasteiger partial charge in [0.1, 0.15) is 0 Å². The first kappa shape index (κ1) is 7.97. The molecule has 0 aliphatic rings. The maximum atomic E-state index is 5.50. The third kappa shape index (κ3) is 4.83. The number of hydrogen-bond acceptors (Lipinski definition) is 1. The van der Waals surface area contributed by atoms with Crippen molar-refractivity contribution in [1.29, 1.82) is 0 Å². The summed E-state index contributed by atoms with van der Waals surface area (Å²) in [7, 11) is 2.11. The van der Waals surface area contributed by atoms with Crippen LogP contribution in [0.25, 0.3) is 0 Å². The maximum absolute atomic E-state index is 5.50. The van der Waals surface area contributed by atoms with Crippen LogP contribution in [-0.2, 0) is 4.52 Å². The molecule has 44 valence electrons. The third-order valence-corrected chi connectivity index (χ3v) is 1.45. The molecule has 4 heteroatoms. The summed E-state index contributed by atoms with van der Waals surface area (Å²) in [5.74, 6) is 0.440. The summed E-state index contributed by atoms with van der Waals surface area (Å²) < 4.78 is 4.59. The molecule has 7 heavy (non-hydrogen) atoms. The predicted octanol–water partition coefficient (Wildman–Crippen LogP) is 1.64. The molecule has 0 amide bonds. The Morgan fingerprint density at radius 1 is 1.71 bits per heavy atom. The SMILES string of the molecule is POCC(Cl)CCl. The van der Waals surface area contributed by atoms with Gasteiger partial charge < -0.3 is 4.52 Å². The molecule has 1 nitrogen and oxygen atoms in total. The van der Waals surface area contributed by atoms with Gasteiger partial charge in [-0.25, -0.2) is 0 Å². The maximum Gasteiger partial charge on any atom is 0.0708 e. The average Bonchev–Trinajstić information content (AvgIpc) is 1.68. The van der Waals surface area contributed by atoms with Gasteiger partial charge in [-0.15, -0.1) is 23.2 Å². The van der Waals surface area contributed by atoms with E-state index in [0.29, 0.717) is 12.5 Å². The molecular formula is C3H7Cl2OP. The van der Waals surface area contributed by atoms with Gasteiger partial charge in [-0.3, -0.25) is 0 Å². The first-order chi connectivity index (χ1) is 3.31. The largest absolute Gasteiger partial charge is 0.364 e. The molecule has 0 aromatic carbocycles. The second-order valence-corrected chi connectivity index (χ2v) is 2.34. The molecule has 0 aliphatic heterocycles. The average molecular weight is 161 g/mol. The lowest BCUT2D eigenvalue weighted by atomic mass is 10.5. The van der Waals surface area contributed by atoms with E-state index in [1.165, 1.54) is 0 Å². The zero-order valence-electron chi connectivity index (χ0n) is 3.73. The fraction of sp³-hybridized carbons (Fsp3) is 1.00. The van der Waals surface area contributed by atoms with E-state index in [-0.39, 0.29) is 5.38 Å². The lowest BCUT2D eigenvalue weighted by Crippen LogP contribution is -2.05. The molecule has 0 aromatic rings. The Kier molecular flexibility index (Phi) is 5.82. The van der Waals surface area contributed by atoms with E-state index in [4.69, 9.17) is 23.2 Å². The fourth-order valence-electron chi connectivity index (χ4n) is 0.149. The Balaban J connectivity index is 2.83. The Morgan fingerprint density at radius 3 is 2.43 bits per heavy atom. The highest BCUT2D eigenvalue weighted by Gasteiger charge is 1.98. The highest BCUT2D eigenvalue weighted by molar-refractivity contribution is 7.09. The monoisotopic (exact) mass is 160 g/mol. The first-order valence-electron chi connectivity index (χ1n) is 1.83. The molecule has 0 heterocycles. The van der Waals surface area contributed by atoms with Gasteiger partial charge in [0.15, 0.2) is 0 Å². The van der Waals surface area contributed by atoms with Gasteiger partial charge in [-0.2, -0.15) is 0 Å². The quantitative estimate of drug-likeness (QED) is 0.451. The van der Waals surface area contributed by atoms with Gasteiger partial charge in [-0.1, -0.05) is 0 Å². The topological polar surface area (TPSA) is 9.23 Å². The highest BCUT2D eigenvalue weighted by atomic mass is 35.5. The standard InChI is InChI=1S/C3H7Cl2OP/c4-1-3(5)2-6-7/h3H,1-2,7H2. The van der Waals surface area contributed by atoms with Crippen molar-refractivity contribution in [3.8, 4) is 0 Å². The summed E-state index contributed by atoms with van der Waals surface area (Å²) in [5.41, 5.74) is 0. The summed E-state index contributed by atoms with van der Waals surface area (Å²) in [5, 5.41) is -0.0563. The van der Waals surface area contributed by atoms with Gasteiger partial charge >= 0.3 is 0 Å². The van der Waals surface area contributed by atoms with Gasteiger partial charge in [-0.05, 0) is 0 Å². The fourth-order valence-corrected chi connectivity index (χ4v) is 0.665. The molecule has 0 aromatic heterocycles. The summed E-state index contributed by atoms with van der Waals surface area (Å²) in [6.07, 6.45) is 0. The van der Waals surface area contributed by atoms with Crippen LogP contribution in [0.3, 0.4) is 0 Å². The molecule has 0 spiro atoms. The minimum absolute atomic E-state index is 0.0563. The molecule has 0 N–H and O–H groups in total. The molecule has 0 radical (unpaired) electrons. The Morgan fingerprint density at radius 2 is 2.29 bits per heavy atom. The van der Waals surface area contributed by atoms with Gasteiger partial charge in [0.05, 0.1) is 12.0 Å². The van der Waals surface area contributed by atoms with E-state index in [2.05, 4.69) is 14.0 Å². The van der Waals surface area contributed by atoms with Crippen molar-refractivity contribution < 1.29 is 4.52 Å². The molecule has 2 unspecified atom stereocenters. The summed E-state index contributed by atoms with van der Waals surface area (Å²) >= 11 is 10.8. The molecule has 0 bridgehead atoms. The number of halogens is 2. The van der Waals surface area contributed by atoms with Crippen molar-refractivity contribution in [1.82, 2.24) is 0 Å². The number of rotatable bonds is 3. The first-order valence-corrected chi connectivity index (χ1v) is 3.27. The number of alkyl halides is 2. The van der Waals surface area contributed by atoms with Crippen molar-refractivity contribution in [2.75, 3.05) is 12.5 Å². The van der Waals surface area contributed by atoms with Crippen LogP contribution < -0.4 is 0 Å². The van der Waals surface area contributed by atoms with Crippen molar-refractivity contribution >= 4 is 32.7 Å². The zero-order chi connectivity index (χ0) is 5.70. The minimum atomic E-state index is -0.0563. The smallest absolute Gasteiger partial charge is 0.0708 e. The van der Waals surface area contributed by atoms with E-state index in [1.54, 1.807) is 0 Å². The Bertz CT molecular complexity index is 43.9. The molecule has 0 aliphatic carbocycles. The molecule has 2 atom stereocenters. The van der Waals surface area contributed by atoms with Gasteiger partial charge in [0, 0.05) is 15.3 Å². The lowest BCUT2D eigenvalue weighted by molar-refractivity contribution is 0.376. The second-order valence-electron chi connectivity index (χ2n) is 1.08. The van der Waals surface area contributed by atoms with Crippen LogP contribution in [0.4, 0.5) is 0 Å². The van der Waals surface area contributed by atoms with Crippen LogP contribution in [0, 0.1) is 0 Å². The Labute approximate surface area is 55.6 Å². The highest BCUT2D eigenvalue weighted by Crippen LogP contribution is 2.00. The molecule has 0 rings (SSSR count). The summed E-state index contributed by atoms with van der Waals surface area (Å²) in [6.45, 7) is 0.496. The van der Waals surface area contributed by atoms with Crippen LogP contribution in [0.5, 0.6) is 0 Å². The van der Waals surface area contributed by atoms with E-state index >= 15 is 0 Å². The van der Waals surface area contributed by atoms with Crippen molar-refractivity contribution in [3.05, 3.63) is 0 Å². The molecule has 0 fully saturated rings. The van der Waals surface area contributed by atoms with Crippen molar-refractivity contribution in [3.63, 3.8) is 0 Å². The van der Waals surface area contributed by atoms with E-state index in [0.717, 1.165) is 0 Å². The van der Waals surface area contributed by atoms with E-state index in [9.17, 15) is 0 Å². The molecule has 0 saturated heterocycles. The summed E-state index contributed by atoms with van der Waals surface area (Å²) in [4.78, 5) is 0. The molecule has 0 saturated carbocycles. The van der Waals surface area contributed by atoms with E-state index < -0.39 is 0 Å². The zero-order valence-corrected chi connectivity index (χ0v) is 6.40.